The van der Waals surface area contributed by atoms with Crippen molar-refractivity contribution in [3.63, 3.8) is 0 Å². The summed E-state index contributed by atoms with van der Waals surface area (Å²) < 4.78 is 26.2. The Morgan fingerprint density at radius 3 is 2.65 bits per heavy atom. The average molecular weight is 238 g/mol. The van der Waals surface area contributed by atoms with Crippen LogP contribution in [-0.2, 0) is 0 Å². The van der Waals surface area contributed by atoms with Crippen LogP contribution in [-0.4, -0.2) is 5.11 Å². The largest absolute Gasteiger partial charge is 0.388 e. The molecule has 1 aromatic carbocycles. The Balaban J connectivity index is 2.28. The van der Waals surface area contributed by atoms with Crippen LogP contribution in [0.4, 0.5) is 8.78 Å². The maximum Gasteiger partial charge on any atom is 0.159 e. The highest BCUT2D eigenvalue weighted by molar-refractivity contribution is 5.58. The van der Waals surface area contributed by atoms with E-state index < -0.39 is 17.7 Å². The van der Waals surface area contributed by atoms with E-state index in [0.29, 0.717) is 11.1 Å². The van der Waals surface area contributed by atoms with Crippen LogP contribution in [0.15, 0.2) is 18.2 Å². The third-order valence-corrected chi connectivity index (χ3v) is 3.26. The van der Waals surface area contributed by atoms with E-state index in [1.807, 2.05) is 6.08 Å². The Labute approximate surface area is 99.8 Å². The SMILES string of the molecule is CCCC[C@@H]1C=Cc2cc(F)c(F)cc2[C@@H]1O. The number of benzene rings is 1. The lowest BCUT2D eigenvalue weighted by atomic mass is 9.84. The van der Waals surface area contributed by atoms with Gasteiger partial charge in [0.15, 0.2) is 11.6 Å². The molecule has 0 fully saturated rings. The third-order valence-electron chi connectivity index (χ3n) is 3.26. The van der Waals surface area contributed by atoms with Gasteiger partial charge in [-0.1, -0.05) is 31.9 Å². The van der Waals surface area contributed by atoms with E-state index in [2.05, 4.69) is 6.92 Å². The molecule has 1 aliphatic carbocycles. The van der Waals surface area contributed by atoms with Gasteiger partial charge >= 0.3 is 0 Å². The molecule has 0 spiro atoms. The molecule has 0 radical (unpaired) electrons. The first-order chi connectivity index (χ1) is 8.13. The van der Waals surface area contributed by atoms with Crippen LogP contribution in [0.3, 0.4) is 0 Å². The Hall–Kier alpha value is -1.22. The molecule has 17 heavy (non-hydrogen) atoms. The highest BCUT2D eigenvalue weighted by Crippen LogP contribution is 2.35. The van der Waals surface area contributed by atoms with E-state index >= 15 is 0 Å². The Bertz CT molecular complexity index is 440. The van der Waals surface area contributed by atoms with Gasteiger partial charge in [0.05, 0.1) is 6.10 Å². The molecule has 0 amide bonds. The minimum absolute atomic E-state index is 0.00677. The van der Waals surface area contributed by atoms with Crippen LogP contribution in [0.2, 0.25) is 0 Å². The molecule has 1 aromatic rings. The zero-order valence-electron chi connectivity index (χ0n) is 9.79. The minimum atomic E-state index is -0.896. The Kier molecular flexibility index (Phi) is 3.57. The van der Waals surface area contributed by atoms with Crippen LogP contribution >= 0.6 is 0 Å². The van der Waals surface area contributed by atoms with Crippen molar-refractivity contribution in [2.45, 2.75) is 32.3 Å². The predicted molar refractivity (Wildman–Crippen MR) is 63.4 cm³/mol. The zero-order chi connectivity index (χ0) is 12.4. The van der Waals surface area contributed by atoms with Crippen LogP contribution < -0.4 is 0 Å². The molecular formula is C14H16F2O. The molecule has 3 heteroatoms. The third kappa shape index (κ3) is 2.39. The summed E-state index contributed by atoms with van der Waals surface area (Å²) in [4.78, 5) is 0. The molecule has 0 saturated heterocycles. The minimum Gasteiger partial charge on any atom is -0.388 e. The standard InChI is InChI=1S/C14H16F2O/c1-2-3-4-9-5-6-10-7-12(15)13(16)8-11(10)14(9)17/h5-9,14,17H,2-4H2,1H3/t9-,14-/m1/s1. The van der Waals surface area contributed by atoms with Gasteiger partial charge in [-0.3, -0.25) is 0 Å². The first-order valence-corrected chi connectivity index (χ1v) is 5.98. The molecule has 0 aliphatic heterocycles. The molecule has 2 atom stereocenters. The van der Waals surface area contributed by atoms with Crippen molar-refractivity contribution < 1.29 is 13.9 Å². The van der Waals surface area contributed by atoms with E-state index in [1.165, 1.54) is 0 Å². The molecule has 0 unspecified atom stereocenters. The molecule has 92 valence electrons. The van der Waals surface area contributed by atoms with Gasteiger partial charge in [-0.2, -0.15) is 0 Å². The molecule has 0 bridgehead atoms. The van der Waals surface area contributed by atoms with Crippen molar-refractivity contribution in [3.8, 4) is 0 Å². The number of aliphatic hydroxyl groups excluding tert-OH is 1. The molecule has 0 aromatic heterocycles. The lowest BCUT2D eigenvalue weighted by molar-refractivity contribution is 0.123. The maximum absolute atomic E-state index is 13.1. The second kappa shape index (κ2) is 4.96. The summed E-state index contributed by atoms with van der Waals surface area (Å²) in [6.07, 6.45) is 5.88. The van der Waals surface area contributed by atoms with Crippen molar-refractivity contribution in [1.82, 2.24) is 0 Å². The van der Waals surface area contributed by atoms with Crippen LogP contribution in [0.1, 0.15) is 43.4 Å². The van der Waals surface area contributed by atoms with Crippen LogP contribution in [0, 0.1) is 17.6 Å². The summed E-state index contributed by atoms with van der Waals surface area (Å²) in [6.45, 7) is 2.09. The summed E-state index contributed by atoms with van der Waals surface area (Å²) in [7, 11) is 0. The summed E-state index contributed by atoms with van der Waals surface area (Å²) in [5, 5.41) is 10.1. The summed E-state index contributed by atoms with van der Waals surface area (Å²) in [6, 6.07) is 2.25. The zero-order valence-corrected chi connectivity index (χ0v) is 9.79. The monoisotopic (exact) mass is 238 g/mol. The van der Waals surface area contributed by atoms with Crippen molar-refractivity contribution in [1.29, 1.82) is 0 Å². The highest BCUT2D eigenvalue weighted by atomic mass is 19.2. The number of hydrogen-bond acceptors (Lipinski definition) is 1. The number of rotatable bonds is 3. The molecule has 1 nitrogen and oxygen atoms in total. The van der Waals surface area contributed by atoms with E-state index in [4.69, 9.17) is 0 Å². The fourth-order valence-electron chi connectivity index (χ4n) is 2.24. The van der Waals surface area contributed by atoms with E-state index in [1.54, 1.807) is 6.08 Å². The van der Waals surface area contributed by atoms with Gasteiger partial charge in [-0.05, 0) is 29.7 Å². The van der Waals surface area contributed by atoms with Gasteiger partial charge in [0.1, 0.15) is 0 Å². The Morgan fingerprint density at radius 1 is 1.24 bits per heavy atom. The van der Waals surface area contributed by atoms with Gasteiger partial charge < -0.3 is 5.11 Å². The second-order valence-electron chi connectivity index (χ2n) is 4.51. The number of fused-ring (bicyclic) bond motifs is 1. The van der Waals surface area contributed by atoms with Crippen LogP contribution in [0.25, 0.3) is 6.08 Å². The van der Waals surface area contributed by atoms with Gasteiger partial charge in [0.25, 0.3) is 0 Å². The Morgan fingerprint density at radius 2 is 1.94 bits per heavy atom. The van der Waals surface area contributed by atoms with Gasteiger partial charge in [0.2, 0.25) is 0 Å². The molecule has 2 rings (SSSR count). The van der Waals surface area contributed by atoms with Crippen molar-refractivity contribution in [2.75, 3.05) is 0 Å². The number of unbranched alkanes of at least 4 members (excludes halogenated alkanes) is 1. The molecule has 0 heterocycles. The van der Waals surface area contributed by atoms with Crippen molar-refractivity contribution in [3.05, 3.63) is 41.0 Å². The molecular weight excluding hydrogens is 222 g/mol. The second-order valence-corrected chi connectivity index (χ2v) is 4.51. The van der Waals surface area contributed by atoms with Gasteiger partial charge in [0, 0.05) is 5.92 Å². The normalized spacial score (nSPS) is 22.6. The van der Waals surface area contributed by atoms with Crippen molar-refractivity contribution in [2.24, 2.45) is 5.92 Å². The smallest absolute Gasteiger partial charge is 0.159 e. The first kappa shape index (κ1) is 12.2. The van der Waals surface area contributed by atoms with Gasteiger partial charge in [-0.15, -0.1) is 0 Å². The fraction of sp³-hybridized carbons (Fsp3) is 0.429. The summed E-state index contributed by atoms with van der Waals surface area (Å²) in [5.74, 6) is -1.76. The quantitative estimate of drug-likeness (QED) is 0.848. The van der Waals surface area contributed by atoms with Gasteiger partial charge in [-0.25, -0.2) is 8.78 Å². The van der Waals surface area contributed by atoms with E-state index in [9.17, 15) is 13.9 Å². The number of halogens is 2. The van der Waals surface area contributed by atoms with Crippen molar-refractivity contribution >= 4 is 6.08 Å². The molecule has 1 N–H and O–H groups in total. The number of aliphatic hydroxyl groups is 1. The average Bonchev–Trinajstić information content (AvgIpc) is 2.31. The summed E-state index contributed by atoms with van der Waals surface area (Å²) in [5.41, 5.74) is 1.07. The number of hydrogen-bond donors (Lipinski definition) is 1. The lowest BCUT2D eigenvalue weighted by Crippen LogP contribution is -2.15. The highest BCUT2D eigenvalue weighted by Gasteiger charge is 2.25. The van der Waals surface area contributed by atoms with E-state index in [0.717, 1.165) is 31.4 Å². The predicted octanol–water partition coefficient (Wildman–Crippen LogP) is 3.83. The fourth-order valence-corrected chi connectivity index (χ4v) is 2.24. The van der Waals surface area contributed by atoms with Crippen LogP contribution in [0.5, 0.6) is 0 Å². The molecule has 0 saturated carbocycles. The lowest BCUT2D eigenvalue weighted by Gasteiger charge is -2.25. The first-order valence-electron chi connectivity index (χ1n) is 5.98. The maximum atomic E-state index is 13.1. The summed E-state index contributed by atoms with van der Waals surface area (Å²) >= 11 is 0. The topological polar surface area (TPSA) is 20.2 Å². The molecule has 1 aliphatic rings. The van der Waals surface area contributed by atoms with E-state index in [-0.39, 0.29) is 5.92 Å².